The fourth-order valence-corrected chi connectivity index (χ4v) is 5.85. The molecule has 220 valence electrons. The lowest BCUT2D eigenvalue weighted by Gasteiger charge is -2.35. The second kappa shape index (κ2) is 13.3. The molecule has 0 spiro atoms. The Morgan fingerprint density at radius 1 is 0.927 bits per heavy atom. The Bertz CT molecular complexity index is 1490. The number of amides is 2. The van der Waals surface area contributed by atoms with Crippen LogP contribution in [0.1, 0.15) is 43.0 Å². The average molecular weight is 619 g/mol. The summed E-state index contributed by atoms with van der Waals surface area (Å²) in [5, 5.41) is 3.76. The molecule has 0 aliphatic rings. The molecule has 0 fully saturated rings. The fourth-order valence-electron chi connectivity index (χ4n) is 4.55. The Balaban J connectivity index is 2.12. The maximum absolute atomic E-state index is 14.2. The summed E-state index contributed by atoms with van der Waals surface area (Å²) in [6, 6.07) is 18.7. The molecular weight excluding hydrogens is 581 g/mol. The van der Waals surface area contributed by atoms with E-state index in [1.54, 1.807) is 30.3 Å². The number of hydrogen-bond acceptors (Lipinski definition) is 4. The van der Waals surface area contributed by atoms with Crippen LogP contribution in [0.4, 0.5) is 5.69 Å². The molecule has 0 aromatic heterocycles. The van der Waals surface area contributed by atoms with Gasteiger partial charge in [0.15, 0.2) is 0 Å². The van der Waals surface area contributed by atoms with Gasteiger partial charge in [0.25, 0.3) is 0 Å². The third-order valence-electron chi connectivity index (χ3n) is 6.30. The fraction of sp³-hybridized carbons (Fsp3) is 0.355. The lowest BCUT2D eigenvalue weighted by Crippen LogP contribution is -2.56. The number of aryl methyl sites for hydroxylation is 2. The molecule has 41 heavy (non-hydrogen) atoms. The average Bonchev–Trinajstić information content (AvgIpc) is 2.84. The molecule has 0 heterocycles. The van der Waals surface area contributed by atoms with Gasteiger partial charge in [0, 0.05) is 28.5 Å². The highest BCUT2D eigenvalue weighted by molar-refractivity contribution is 7.92. The van der Waals surface area contributed by atoms with Crippen LogP contribution >= 0.6 is 23.2 Å². The van der Waals surface area contributed by atoms with E-state index in [1.807, 2.05) is 71.0 Å². The molecule has 10 heteroatoms. The van der Waals surface area contributed by atoms with E-state index < -0.39 is 34.1 Å². The van der Waals surface area contributed by atoms with Crippen LogP contribution in [0.15, 0.2) is 66.7 Å². The van der Waals surface area contributed by atoms with Crippen molar-refractivity contribution in [2.24, 2.45) is 0 Å². The van der Waals surface area contributed by atoms with E-state index in [4.69, 9.17) is 23.2 Å². The van der Waals surface area contributed by atoms with Crippen LogP contribution in [0.25, 0.3) is 0 Å². The molecule has 0 bridgehead atoms. The predicted molar refractivity (Wildman–Crippen MR) is 167 cm³/mol. The van der Waals surface area contributed by atoms with Crippen LogP contribution in [-0.2, 0) is 32.6 Å². The first-order valence-corrected chi connectivity index (χ1v) is 15.8. The Morgan fingerprint density at radius 3 is 2.07 bits per heavy atom. The largest absolute Gasteiger partial charge is 0.350 e. The number of halogens is 2. The smallest absolute Gasteiger partial charge is 0.244 e. The summed E-state index contributed by atoms with van der Waals surface area (Å²) >= 11 is 12.6. The first-order valence-electron chi connectivity index (χ1n) is 13.2. The van der Waals surface area contributed by atoms with Crippen LogP contribution in [0.2, 0.25) is 10.0 Å². The number of carbonyl (C=O) groups excluding carboxylic acids is 2. The molecule has 0 unspecified atom stereocenters. The number of benzene rings is 3. The molecule has 1 atom stereocenters. The zero-order chi connectivity index (χ0) is 30.5. The third kappa shape index (κ3) is 9.48. The van der Waals surface area contributed by atoms with Crippen molar-refractivity contribution >= 4 is 50.7 Å². The van der Waals surface area contributed by atoms with Crippen molar-refractivity contribution in [1.82, 2.24) is 10.2 Å². The zero-order valence-corrected chi connectivity index (χ0v) is 26.6. The first kappa shape index (κ1) is 32.4. The number of nitrogens with zero attached hydrogens (tertiary/aromatic N) is 2. The van der Waals surface area contributed by atoms with Gasteiger partial charge in [0.2, 0.25) is 21.8 Å². The van der Waals surface area contributed by atoms with Crippen molar-refractivity contribution in [3.8, 4) is 0 Å². The highest BCUT2D eigenvalue weighted by Crippen LogP contribution is 2.26. The second-order valence-corrected chi connectivity index (χ2v) is 14.1. The van der Waals surface area contributed by atoms with E-state index in [0.717, 1.165) is 27.3 Å². The number of carbonyl (C=O) groups is 2. The highest BCUT2D eigenvalue weighted by atomic mass is 35.5. The van der Waals surface area contributed by atoms with Crippen molar-refractivity contribution in [1.29, 1.82) is 0 Å². The summed E-state index contributed by atoms with van der Waals surface area (Å²) in [6.07, 6.45) is 1.27. The number of anilines is 1. The summed E-state index contributed by atoms with van der Waals surface area (Å²) < 4.78 is 27.0. The van der Waals surface area contributed by atoms with Gasteiger partial charge in [-0.3, -0.25) is 13.9 Å². The van der Waals surface area contributed by atoms with Gasteiger partial charge in [0.1, 0.15) is 12.6 Å². The molecule has 2 amide bonds. The van der Waals surface area contributed by atoms with Gasteiger partial charge in [-0.15, -0.1) is 0 Å². The topological polar surface area (TPSA) is 86.8 Å². The zero-order valence-electron chi connectivity index (χ0n) is 24.2. The van der Waals surface area contributed by atoms with Gasteiger partial charge in [-0.2, -0.15) is 0 Å². The highest BCUT2D eigenvalue weighted by Gasteiger charge is 2.34. The molecular formula is C31H37Cl2N3O4S. The summed E-state index contributed by atoms with van der Waals surface area (Å²) in [4.78, 5) is 29.4. The molecule has 3 aromatic carbocycles. The van der Waals surface area contributed by atoms with Crippen molar-refractivity contribution in [2.45, 2.75) is 59.2 Å². The molecule has 3 aromatic rings. The van der Waals surface area contributed by atoms with Crippen LogP contribution in [0.5, 0.6) is 0 Å². The van der Waals surface area contributed by atoms with Gasteiger partial charge < -0.3 is 10.2 Å². The quantitative estimate of drug-likeness (QED) is 0.305. The third-order valence-corrected chi connectivity index (χ3v) is 8.03. The normalized spacial score (nSPS) is 12.5. The Morgan fingerprint density at radius 2 is 1.54 bits per heavy atom. The lowest BCUT2D eigenvalue weighted by molar-refractivity contribution is -0.140. The number of rotatable bonds is 10. The van der Waals surface area contributed by atoms with Crippen LogP contribution in [-0.4, -0.2) is 49.5 Å². The van der Waals surface area contributed by atoms with Crippen LogP contribution < -0.4 is 9.62 Å². The van der Waals surface area contributed by atoms with Crippen molar-refractivity contribution in [3.63, 3.8) is 0 Å². The number of nitrogens with one attached hydrogen (secondary N) is 1. The molecule has 3 rings (SSSR count). The predicted octanol–water partition coefficient (Wildman–Crippen LogP) is 5.93. The Kier molecular flexibility index (Phi) is 10.5. The maximum atomic E-state index is 14.2. The lowest BCUT2D eigenvalue weighted by atomic mass is 10.0. The van der Waals surface area contributed by atoms with Crippen molar-refractivity contribution in [2.75, 3.05) is 17.1 Å². The molecule has 0 saturated carbocycles. The van der Waals surface area contributed by atoms with E-state index in [-0.39, 0.29) is 18.9 Å². The number of hydrogen-bond donors (Lipinski definition) is 1. The Labute approximate surface area is 253 Å². The summed E-state index contributed by atoms with van der Waals surface area (Å²) in [7, 11) is -3.86. The SMILES string of the molecule is Cc1cc(C)cc(N(CC(=O)N(Cc2ccc(Cl)cc2Cl)[C@@H](Cc2ccccc2)C(=O)NC(C)(C)C)S(C)(=O)=O)c1. The van der Waals surface area contributed by atoms with Crippen LogP contribution in [0.3, 0.4) is 0 Å². The van der Waals surface area contributed by atoms with Gasteiger partial charge in [-0.05, 0) is 81.1 Å². The Hall–Kier alpha value is -3.07. The van der Waals surface area contributed by atoms with E-state index in [9.17, 15) is 18.0 Å². The van der Waals surface area contributed by atoms with Crippen molar-refractivity contribution in [3.05, 3.63) is 99.0 Å². The minimum absolute atomic E-state index is 0.0334. The van der Waals surface area contributed by atoms with Gasteiger partial charge in [-0.25, -0.2) is 8.42 Å². The van der Waals surface area contributed by atoms with Gasteiger partial charge in [0.05, 0.1) is 11.9 Å². The summed E-state index contributed by atoms with van der Waals surface area (Å²) in [6.45, 7) is 8.77. The maximum Gasteiger partial charge on any atom is 0.244 e. The number of sulfonamides is 1. The van der Waals surface area contributed by atoms with Crippen LogP contribution in [0, 0.1) is 13.8 Å². The molecule has 0 aliphatic heterocycles. The molecule has 0 aliphatic carbocycles. The van der Waals surface area contributed by atoms with Gasteiger partial charge in [-0.1, -0.05) is 65.7 Å². The first-order chi connectivity index (χ1) is 19.0. The second-order valence-electron chi connectivity index (χ2n) is 11.3. The minimum atomic E-state index is -3.86. The van der Waals surface area contributed by atoms with E-state index in [0.29, 0.717) is 21.3 Å². The summed E-state index contributed by atoms with van der Waals surface area (Å²) in [5.74, 6) is -0.914. The summed E-state index contributed by atoms with van der Waals surface area (Å²) in [5.41, 5.74) is 2.94. The van der Waals surface area contributed by atoms with Crippen molar-refractivity contribution < 1.29 is 18.0 Å². The molecule has 0 saturated heterocycles. The van der Waals surface area contributed by atoms with Gasteiger partial charge >= 0.3 is 0 Å². The van der Waals surface area contributed by atoms with E-state index >= 15 is 0 Å². The standard InChI is InChI=1S/C31H37Cl2N3O4S/c1-21-14-22(2)16-26(15-21)36(41(6,39)40)20-29(37)35(19-24-12-13-25(32)18-27(24)33)28(30(38)34-31(3,4)5)17-23-10-8-7-9-11-23/h7-16,18,28H,17,19-20H2,1-6H3,(H,34,38)/t28-/m0/s1. The molecule has 7 nitrogen and oxygen atoms in total. The molecule has 0 radical (unpaired) electrons. The molecule has 1 N–H and O–H groups in total. The van der Waals surface area contributed by atoms with E-state index in [2.05, 4.69) is 5.32 Å². The minimum Gasteiger partial charge on any atom is -0.350 e. The monoisotopic (exact) mass is 617 g/mol. The van der Waals surface area contributed by atoms with E-state index in [1.165, 1.54) is 4.90 Å².